The number of halogens is 3. The minimum atomic E-state index is -0.315. The van der Waals surface area contributed by atoms with Crippen molar-refractivity contribution in [3.8, 4) is 0 Å². The van der Waals surface area contributed by atoms with Crippen LogP contribution in [0.3, 0.4) is 0 Å². The molecule has 106 valence electrons. The van der Waals surface area contributed by atoms with Gasteiger partial charge in [-0.3, -0.25) is 0 Å². The maximum Gasteiger partial charge on any atom is 0.124 e. The summed E-state index contributed by atoms with van der Waals surface area (Å²) in [7, 11) is 0. The average Bonchev–Trinajstić information content (AvgIpc) is 2.42. The number of hydrogen-bond acceptors (Lipinski definition) is 1. The zero-order valence-electron chi connectivity index (χ0n) is 11.2. The van der Waals surface area contributed by atoms with E-state index in [1.807, 2.05) is 24.3 Å². The van der Waals surface area contributed by atoms with Crippen LogP contribution >= 0.6 is 23.2 Å². The summed E-state index contributed by atoms with van der Waals surface area (Å²) in [6, 6.07) is 12.4. The smallest absolute Gasteiger partial charge is 0.124 e. The fourth-order valence-corrected chi connectivity index (χ4v) is 2.53. The first-order valence-corrected chi connectivity index (χ1v) is 7.28. The van der Waals surface area contributed by atoms with Crippen molar-refractivity contribution in [3.63, 3.8) is 0 Å². The number of nitrogens with one attached hydrogen (secondary N) is 1. The Balaban J connectivity index is 2.22. The van der Waals surface area contributed by atoms with Gasteiger partial charge in [-0.15, -0.1) is 0 Å². The monoisotopic (exact) mass is 311 g/mol. The molecule has 0 aliphatic carbocycles. The van der Waals surface area contributed by atoms with Gasteiger partial charge in [0.1, 0.15) is 5.82 Å². The van der Waals surface area contributed by atoms with E-state index in [2.05, 4.69) is 12.2 Å². The Bertz CT molecular complexity index is 569. The molecule has 1 nitrogen and oxygen atoms in total. The third-order valence-corrected chi connectivity index (χ3v) is 3.77. The molecule has 2 rings (SSSR count). The van der Waals surface area contributed by atoms with Crippen LogP contribution in [0.1, 0.15) is 24.1 Å². The molecule has 0 saturated carbocycles. The van der Waals surface area contributed by atoms with Crippen LogP contribution in [0.5, 0.6) is 0 Å². The topological polar surface area (TPSA) is 12.0 Å². The standard InChI is InChI=1S/C16H16Cl2FN/c1-2-20-16(11-3-6-13(17)7-4-11)9-12-5-8-14(19)10-15(12)18/h3-8,10,16,20H,2,9H2,1H3. The van der Waals surface area contributed by atoms with E-state index in [1.54, 1.807) is 6.07 Å². The van der Waals surface area contributed by atoms with Crippen molar-refractivity contribution in [1.29, 1.82) is 0 Å². The molecule has 0 saturated heterocycles. The van der Waals surface area contributed by atoms with E-state index in [9.17, 15) is 4.39 Å². The summed E-state index contributed by atoms with van der Waals surface area (Å²) >= 11 is 12.0. The SMILES string of the molecule is CCNC(Cc1ccc(F)cc1Cl)c1ccc(Cl)cc1. The highest BCUT2D eigenvalue weighted by Gasteiger charge is 2.13. The predicted molar refractivity (Wildman–Crippen MR) is 83.0 cm³/mol. The summed E-state index contributed by atoms with van der Waals surface area (Å²) in [4.78, 5) is 0. The first kappa shape index (κ1) is 15.3. The highest BCUT2D eigenvalue weighted by Crippen LogP contribution is 2.25. The summed E-state index contributed by atoms with van der Waals surface area (Å²) in [6.07, 6.45) is 0.703. The lowest BCUT2D eigenvalue weighted by molar-refractivity contribution is 0.549. The van der Waals surface area contributed by atoms with Crippen LogP contribution in [0.15, 0.2) is 42.5 Å². The van der Waals surface area contributed by atoms with E-state index in [0.717, 1.165) is 17.7 Å². The summed E-state index contributed by atoms with van der Waals surface area (Å²) in [6.45, 7) is 2.89. The van der Waals surface area contributed by atoms with Crippen LogP contribution in [0.25, 0.3) is 0 Å². The van der Waals surface area contributed by atoms with Crippen LogP contribution < -0.4 is 5.32 Å². The van der Waals surface area contributed by atoms with Crippen LogP contribution in [0.4, 0.5) is 4.39 Å². The second-order valence-corrected chi connectivity index (χ2v) is 5.45. The molecule has 0 amide bonds. The lowest BCUT2D eigenvalue weighted by Crippen LogP contribution is -2.23. The molecule has 2 aromatic carbocycles. The first-order chi connectivity index (χ1) is 9.60. The average molecular weight is 312 g/mol. The van der Waals surface area contributed by atoms with Gasteiger partial charge >= 0.3 is 0 Å². The molecule has 1 unspecified atom stereocenters. The fourth-order valence-electron chi connectivity index (χ4n) is 2.16. The Morgan fingerprint density at radius 3 is 2.40 bits per heavy atom. The van der Waals surface area contributed by atoms with E-state index in [1.165, 1.54) is 12.1 Å². The van der Waals surface area contributed by atoms with Gasteiger partial charge in [0.2, 0.25) is 0 Å². The maximum atomic E-state index is 13.1. The summed E-state index contributed by atoms with van der Waals surface area (Å²) in [5, 5.41) is 4.59. The van der Waals surface area contributed by atoms with Crippen molar-refractivity contribution < 1.29 is 4.39 Å². The number of benzene rings is 2. The zero-order chi connectivity index (χ0) is 14.5. The first-order valence-electron chi connectivity index (χ1n) is 6.53. The highest BCUT2D eigenvalue weighted by molar-refractivity contribution is 6.31. The third-order valence-electron chi connectivity index (χ3n) is 3.16. The zero-order valence-corrected chi connectivity index (χ0v) is 12.7. The Morgan fingerprint density at radius 2 is 1.80 bits per heavy atom. The van der Waals surface area contributed by atoms with Crippen LogP contribution in [0.2, 0.25) is 10.0 Å². The minimum absolute atomic E-state index is 0.125. The second-order valence-electron chi connectivity index (χ2n) is 4.60. The van der Waals surface area contributed by atoms with E-state index in [-0.39, 0.29) is 11.9 Å². The van der Waals surface area contributed by atoms with Crippen molar-refractivity contribution in [2.24, 2.45) is 0 Å². The quantitative estimate of drug-likeness (QED) is 0.817. The molecule has 0 fully saturated rings. The summed E-state index contributed by atoms with van der Waals surface area (Å²) < 4.78 is 13.1. The van der Waals surface area contributed by atoms with Gasteiger partial charge in [-0.1, -0.05) is 48.3 Å². The highest BCUT2D eigenvalue weighted by atomic mass is 35.5. The summed E-state index contributed by atoms with van der Waals surface area (Å²) in [5.74, 6) is -0.315. The van der Waals surface area contributed by atoms with E-state index in [4.69, 9.17) is 23.2 Å². The van der Waals surface area contributed by atoms with Gasteiger partial charge in [-0.25, -0.2) is 4.39 Å². The van der Waals surface area contributed by atoms with E-state index >= 15 is 0 Å². The van der Waals surface area contributed by atoms with Gasteiger partial charge in [0, 0.05) is 16.1 Å². The van der Waals surface area contributed by atoms with Crippen molar-refractivity contribution in [1.82, 2.24) is 5.32 Å². The van der Waals surface area contributed by atoms with Gasteiger partial charge in [-0.2, -0.15) is 0 Å². The second kappa shape index (κ2) is 7.07. The van der Waals surface area contributed by atoms with Gasteiger partial charge in [0.05, 0.1) is 0 Å². The molecule has 0 bridgehead atoms. The molecule has 0 aliphatic rings. The molecule has 0 aromatic heterocycles. The molecule has 2 aromatic rings. The summed E-state index contributed by atoms with van der Waals surface area (Å²) in [5.41, 5.74) is 2.06. The fraction of sp³-hybridized carbons (Fsp3) is 0.250. The van der Waals surface area contributed by atoms with Crippen molar-refractivity contribution >= 4 is 23.2 Å². The van der Waals surface area contributed by atoms with E-state index in [0.29, 0.717) is 16.5 Å². The largest absolute Gasteiger partial charge is 0.310 e. The lowest BCUT2D eigenvalue weighted by Gasteiger charge is -2.19. The molecule has 0 aliphatic heterocycles. The molecular formula is C16H16Cl2FN. The normalized spacial score (nSPS) is 12.4. The lowest BCUT2D eigenvalue weighted by atomic mass is 9.98. The third kappa shape index (κ3) is 3.95. The molecule has 1 atom stereocenters. The van der Waals surface area contributed by atoms with Crippen molar-refractivity contribution in [3.05, 3.63) is 69.5 Å². The minimum Gasteiger partial charge on any atom is -0.310 e. The number of hydrogen-bond donors (Lipinski definition) is 1. The Labute approximate surface area is 128 Å². The van der Waals surface area contributed by atoms with Crippen LogP contribution in [-0.2, 0) is 6.42 Å². The molecule has 0 heterocycles. The Kier molecular flexibility index (Phi) is 5.41. The van der Waals surface area contributed by atoms with Gasteiger partial charge in [-0.05, 0) is 48.4 Å². The van der Waals surface area contributed by atoms with Gasteiger partial charge in [0.15, 0.2) is 0 Å². The Hall–Kier alpha value is -1.09. The predicted octanol–water partition coefficient (Wildman–Crippen LogP) is 5.03. The van der Waals surface area contributed by atoms with Crippen molar-refractivity contribution in [2.45, 2.75) is 19.4 Å². The number of likely N-dealkylation sites (N-methyl/N-ethyl adjacent to an activating group) is 1. The van der Waals surface area contributed by atoms with Crippen LogP contribution in [0, 0.1) is 5.82 Å². The molecule has 0 radical (unpaired) electrons. The maximum absolute atomic E-state index is 13.1. The number of rotatable bonds is 5. The molecule has 4 heteroatoms. The molecular weight excluding hydrogens is 296 g/mol. The Morgan fingerprint density at radius 1 is 1.10 bits per heavy atom. The van der Waals surface area contributed by atoms with Crippen LogP contribution in [-0.4, -0.2) is 6.54 Å². The van der Waals surface area contributed by atoms with E-state index < -0.39 is 0 Å². The molecule has 20 heavy (non-hydrogen) atoms. The van der Waals surface area contributed by atoms with Crippen molar-refractivity contribution in [2.75, 3.05) is 6.54 Å². The molecule has 0 spiro atoms. The van der Waals surface area contributed by atoms with Gasteiger partial charge in [0.25, 0.3) is 0 Å². The molecule has 1 N–H and O–H groups in total. The van der Waals surface area contributed by atoms with Gasteiger partial charge < -0.3 is 5.32 Å².